The first-order valence-corrected chi connectivity index (χ1v) is 7.74. The Hall–Kier alpha value is -0.580. The molecule has 1 aromatic rings. The summed E-state index contributed by atoms with van der Waals surface area (Å²) in [5, 5.41) is 3.69. The number of nitrogens with two attached hydrogens (primary N) is 1. The minimum Gasteiger partial charge on any atom is -0.496 e. The quantitative estimate of drug-likeness (QED) is 0.891. The fourth-order valence-electron chi connectivity index (χ4n) is 2.78. The number of benzene rings is 1. The van der Waals surface area contributed by atoms with Crippen LogP contribution in [0.25, 0.3) is 0 Å². The summed E-state index contributed by atoms with van der Waals surface area (Å²) in [5.41, 5.74) is 7.31. The molecule has 4 heteroatoms. The number of hydrogen-bond donors (Lipinski definition) is 2. The highest BCUT2D eigenvalue weighted by Gasteiger charge is 2.21. The zero-order valence-electron chi connectivity index (χ0n) is 11.7. The molecule has 0 saturated heterocycles. The monoisotopic (exact) mass is 326 g/mol. The summed E-state index contributed by atoms with van der Waals surface area (Å²) in [6.45, 7) is 2.20. The molecule has 2 rings (SSSR count). The first-order chi connectivity index (χ1) is 9.10. The van der Waals surface area contributed by atoms with Crippen LogP contribution in [0.5, 0.6) is 5.75 Å². The highest BCUT2D eigenvalue weighted by molar-refractivity contribution is 9.10. The van der Waals surface area contributed by atoms with Gasteiger partial charge in [0.2, 0.25) is 0 Å². The molecule has 0 heterocycles. The van der Waals surface area contributed by atoms with Crippen LogP contribution in [0, 0.1) is 0 Å². The SMILES string of the molecule is COc1ccc(C(C)NC2CCCC(N)C2)cc1Br. The molecule has 3 atom stereocenters. The number of hydrogen-bond acceptors (Lipinski definition) is 3. The van der Waals surface area contributed by atoms with Crippen LogP contribution in [0.3, 0.4) is 0 Å². The third kappa shape index (κ3) is 3.94. The largest absolute Gasteiger partial charge is 0.496 e. The Labute approximate surface area is 124 Å². The highest BCUT2D eigenvalue weighted by Crippen LogP contribution is 2.29. The second-order valence-corrected chi connectivity index (χ2v) is 6.26. The normalized spacial score (nSPS) is 25.1. The number of methoxy groups -OCH3 is 1. The van der Waals surface area contributed by atoms with Crippen LogP contribution in [0.1, 0.15) is 44.2 Å². The van der Waals surface area contributed by atoms with Crippen LogP contribution >= 0.6 is 15.9 Å². The average Bonchev–Trinajstić information content (AvgIpc) is 2.38. The molecular formula is C15H23BrN2O. The molecule has 0 aromatic heterocycles. The molecule has 1 aromatic carbocycles. The van der Waals surface area contributed by atoms with Gasteiger partial charge in [-0.1, -0.05) is 12.5 Å². The van der Waals surface area contributed by atoms with Gasteiger partial charge in [0.15, 0.2) is 0 Å². The third-order valence-electron chi connectivity index (χ3n) is 3.88. The van der Waals surface area contributed by atoms with Crippen molar-refractivity contribution in [3.63, 3.8) is 0 Å². The van der Waals surface area contributed by atoms with Crippen molar-refractivity contribution in [2.45, 2.75) is 50.7 Å². The van der Waals surface area contributed by atoms with Crippen molar-refractivity contribution >= 4 is 15.9 Å². The summed E-state index contributed by atoms with van der Waals surface area (Å²) in [6.07, 6.45) is 4.72. The lowest BCUT2D eigenvalue weighted by Gasteiger charge is -2.30. The van der Waals surface area contributed by atoms with Gasteiger partial charge in [0, 0.05) is 18.1 Å². The maximum absolute atomic E-state index is 6.04. The highest BCUT2D eigenvalue weighted by atomic mass is 79.9. The van der Waals surface area contributed by atoms with Crippen LogP contribution in [0.4, 0.5) is 0 Å². The summed E-state index contributed by atoms with van der Waals surface area (Å²) in [5.74, 6) is 0.871. The van der Waals surface area contributed by atoms with Gasteiger partial charge in [-0.25, -0.2) is 0 Å². The summed E-state index contributed by atoms with van der Waals surface area (Å²) >= 11 is 3.54. The molecular weight excluding hydrogens is 304 g/mol. The van der Waals surface area contributed by atoms with E-state index in [1.165, 1.54) is 24.8 Å². The topological polar surface area (TPSA) is 47.3 Å². The molecule has 0 amide bonds. The fraction of sp³-hybridized carbons (Fsp3) is 0.600. The fourth-order valence-corrected chi connectivity index (χ4v) is 3.34. The van der Waals surface area contributed by atoms with Gasteiger partial charge in [-0.3, -0.25) is 0 Å². The Bertz CT molecular complexity index is 425. The third-order valence-corrected chi connectivity index (χ3v) is 4.50. The maximum Gasteiger partial charge on any atom is 0.133 e. The summed E-state index contributed by atoms with van der Waals surface area (Å²) in [4.78, 5) is 0. The Balaban J connectivity index is 1.99. The molecule has 19 heavy (non-hydrogen) atoms. The molecule has 1 saturated carbocycles. The molecule has 0 aliphatic heterocycles. The van der Waals surface area contributed by atoms with Crippen molar-refractivity contribution in [1.82, 2.24) is 5.32 Å². The smallest absolute Gasteiger partial charge is 0.133 e. The van der Waals surface area contributed by atoms with Crippen LogP contribution in [-0.2, 0) is 0 Å². The van der Waals surface area contributed by atoms with Crippen LogP contribution in [0.2, 0.25) is 0 Å². The summed E-state index contributed by atoms with van der Waals surface area (Å²) in [6, 6.07) is 7.48. The Morgan fingerprint density at radius 2 is 2.21 bits per heavy atom. The molecule has 1 aliphatic carbocycles. The molecule has 3 nitrogen and oxygen atoms in total. The number of ether oxygens (including phenoxy) is 1. The zero-order chi connectivity index (χ0) is 13.8. The lowest BCUT2D eigenvalue weighted by Crippen LogP contribution is -2.40. The molecule has 106 valence electrons. The lowest BCUT2D eigenvalue weighted by molar-refractivity contribution is 0.318. The predicted octanol–water partition coefficient (Wildman–Crippen LogP) is 3.38. The van der Waals surface area contributed by atoms with Crippen molar-refractivity contribution in [1.29, 1.82) is 0 Å². The Kier molecular flexibility index (Phi) is 5.25. The van der Waals surface area contributed by atoms with E-state index in [1.54, 1.807) is 7.11 Å². The lowest BCUT2D eigenvalue weighted by atomic mass is 9.91. The first kappa shape index (κ1) is 14.8. The van der Waals surface area contributed by atoms with E-state index in [-0.39, 0.29) is 0 Å². The molecule has 3 unspecified atom stereocenters. The molecule has 1 aliphatic rings. The summed E-state index contributed by atoms with van der Waals surface area (Å²) < 4.78 is 6.26. The zero-order valence-corrected chi connectivity index (χ0v) is 13.2. The van der Waals surface area contributed by atoms with Crippen molar-refractivity contribution < 1.29 is 4.74 Å². The van der Waals surface area contributed by atoms with E-state index in [4.69, 9.17) is 10.5 Å². The molecule has 1 fully saturated rings. The molecule has 0 radical (unpaired) electrons. The van der Waals surface area contributed by atoms with Crippen molar-refractivity contribution in [2.75, 3.05) is 7.11 Å². The van der Waals surface area contributed by atoms with Gasteiger partial charge in [-0.15, -0.1) is 0 Å². The van der Waals surface area contributed by atoms with E-state index in [1.807, 2.05) is 6.07 Å². The van der Waals surface area contributed by atoms with Crippen LogP contribution in [-0.4, -0.2) is 19.2 Å². The van der Waals surface area contributed by atoms with E-state index in [0.29, 0.717) is 18.1 Å². The standard InChI is InChI=1S/C15H23BrN2O/c1-10(18-13-5-3-4-12(17)9-13)11-6-7-15(19-2)14(16)8-11/h6-8,10,12-13,18H,3-5,9,17H2,1-2H3. The van der Waals surface area contributed by atoms with Crippen molar-refractivity contribution in [3.8, 4) is 5.75 Å². The van der Waals surface area contributed by atoms with Crippen molar-refractivity contribution in [2.24, 2.45) is 5.73 Å². The number of rotatable bonds is 4. The maximum atomic E-state index is 6.04. The van der Waals surface area contributed by atoms with E-state index < -0.39 is 0 Å². The van der Waals surface area contributed by atoms with Gasteiger partial charge in [-0.05, 0) is 59.8 Å². The van der Waals surface area contributed by atoms with Crippen LogP contribution in [0.15, 0.2) is 22.7 Å². The first-order valence-electron chi connectivity index (χ1n) is 6.95. The second-order valence-electron chi connectivity index (χ2n) is 5.41. The van der Waals surface area contributed by atoms with Crippen LogP contribution < -0.4 is 15.8 Å². The second kappa shape index (κ2) is 6.73. The van der Waals surface area contributed by atoms with E-state index >= 15 is 0 Å². The van der Waals surface area contributed by atoms with Gasteiger partial charge < -0.3 is 15.8 Å². The Morgan fingerprint density at radius 3 is 2.84 bits per heavy atom. The van der Waals surface area contributed by atoms with Gasteiger partial charge in [0.05, 0.1) is 11.6 Å². The van der Waals surface area contributed by atoms with Crippen molar-refractivity contribution in [3.05, 3.63) is 28.2 Å². The number of halogens is 1. The van der Waals surface area contributed by atoms with Gasteiger partial charge in [-0.2, -0.15) is 0 Å². The van der Waals surface area contributed by atoms with Gasteiger partial charge >= 0.3 is 0 Å². The van der Waals surface area contributed by atoms with E-state index in [0.717, 1.165) is 16.6 Å². The summed E-state index contributed by atoms with van der Waals surface area (Å²) in [7, 11) is 1.69. The van der Waals surface area contributed by atoms with E-state index in [9.17, 15) is 0 Å². The molecule has 0 bridgehead atoms. The molecule has 3 N–H and O–H groups in total. The molecule has 0 spiro atoms. The number of nitrogens with one attached hydrogen (secondary N) is 1. The van der Waals surface area contributed by atoms with E-state index in [2.05, 4.69) is 40.3 Å². The van der Waals surface area contributed by atoms with Gasteiger partial charge in [0.1, 0.15) is 5.75 Å². The minimum absolute atomic E-state index is 0.331. The average molecular weight is 327 g/mol. The predicted molar refractivity (Wildman–Crippen MR) is 82.5 cm³/mol. The van der Waals surface area contributed by atoms with Gasteiger partial charge in [0.25, 0.3) is 0 Å². The minimum atomic E-state index is 0.331. The Morgan fingerprint density at radius 1 is 1.42 bits per heavy atom.